The number of anilines is 1. The van der Waals surface area contributed by atoms with Gasteiger partial charge >= 0.3 is 12.2 Å². The van der Waals surface area contributed by atoms with Crippen molar-refractivity contribution in [1.29, 1.82) is 0 Å². The molecule has 2 N–H and O–H groups in total. The predicted octanol–water partition coefficient (Wildman–Crippen LogP) is 1.98. The van der Waals surface area contributed by atoms with E-state index < -0.39 is 24.9 Å². The zero-order valence-corrected chi connectivity index (χ0v) is 12.3. The van der Waals surface area contributed by atoms with Crippen molar-refractivity contribution in [2.45, 2.75) is 19.1 Å². The molecule has 0 saturated carbocycles. The van der Waals surface area contributed by atoms with Crippen LogP contribution in [0, 0.1) is 0 Å². The van der Waals surface area contributed by atoms with Gasteiger partial charge in [-0.1, -0.05) is 0 Å². The lowest BCUT2D eigenvalue weighted by Crippen LogP contribution is -2.43. The number of nitrogens with zero attached hydrogens (tertiary/aromatic N) is 1. The fraction of sp³-hybridized carbons (Fsp3) is 0.429. The second kappa shape index (κ2) is 6.76. The van der Waals surface area contributed by atoms with Crippen LogP contribution in [0.1, 0.15) is 6.92 Å². The largest absolute Gasteiger partial charge is 0.484 e. The summed E-state index contributed by atoms with van der Waals surface area (Å²) >= 11 is 0. The Morgan fingerprint density at radius 2 is 2.04 bits per heavy atom. The van der Waals surface area contributed by atoms with E-state index in [0.717, 1.165) is 4.90 Å². The molecule has 1 saturated heterocycles. The number of nitrogens with one attached hydrogen (secondary N) is 2. The minimum atomic E-state index is -4.39. The minimum Gasteiger partial charge on any atom is -0.484 e. The monoisotopic (exact) mass is 331 g/mol. The van der Waals surface area contributed by atoms with E-state index in [9.17, 15) is 22.8 Å². The molecule has 0 radical (unpaired) electrons. The highest BCUT2D eigenvalue weighted by Crippen LogP contribution is 2.20. The highest BCUT2D eigenvalue weighted by atomic mass is 19.4. The molecule has 1 atom stereocenters. The number of amides is 3. The van der Waals surface area contributed by atoms with Crippen LogP contribution in [0.2, 0.25) is 0 Å². The second-order valence-electron chi connectivity index (χ2n) is 5.02. The van der Waals surface area contributed by atoms with Gasteiger partial charge in [0.25, 0.3) is 5.91 Å². The molecule has 0 bridgehead atoms. The van der Waals surface area contributed by atoms with Crippen molar-refractivity contribution >= 4 is 17.6 Å². The lowest BCUT2D eigenvalue weighted by Gasteiger charge is -2.20. The zero-order valence-electron chi connectivity index (χ0n) is 12.3. The molecule has 1 fully saturated rings. The van der Waals surface area contributed by atoms with Gasteiger partial charge in [-0.25, -0.2) is 4.79 Å². The Morgan fingerprint density at radius 1 is 1.39 bits per heavy atom. The number of urea groups is 1. The normalized spacial score (nSPS) is 16.0. The van der Waals surface area contributed by atoms with Crippen molar-refractivity contribution in [2.24, 2.45) is 0 Å². The van der Waals surface area contributed by atoms with Crippen LogP contribution in [-0.2, 0) is 4.79 Å². The smallest absolute Gasteiger partial charge is 0.422 e. The summed E-state index contributed by atoms with van der Waals surface area (Å²) in [6.45, 7) is 0.969. The number of imide groups is 1. The van der Waals surface area contributed by atoms with Crippen LogP contribution in [0.5, 0.6) is 5.75 Å². The summed E-state index contributed by atoms with van der Waals surface area (Å²) in [6, 6.07) is 4.65. The van der Waals surface area contributed by atoms with Crippen LogP contribution < -0.4 is 15.4 Å². The molecular formula is C14H16F3N3O3. The van der Waals surface area contributed by atoms with Gasteiger partial charge in [0.1, 0.15) is 11.8 Å². The summed E-state index contributed by atoms with van der Waals surface area (Å²) in [5.41, 5.74) is 0.532. The van der Waals surface area contributed by atoms with Crippen molar-refractivity contribution in [3.63, 3.8) is 0 Å². The topological polar surface area (TPSA) is 70.7 Å². The maximum Gasteiger partial charge on any atom is 0.422 e. The molecule has 23 heavy (non-hydrogen) atoms. The van der Waals surface area contributed by atoms with Crippen LogP contribution in [0.25, 0.3) is 0 Å². The molecule has 1 aromatic carbocycles. The molecule has 0 aromatic heterocycles. The van der Waals surface area contributed by atoms with Gasteiger partial charge in [0, 0.05) is 18.8 Å². The molecule has 1 aromatic rings. The van der Waals surface area contributed by atoms with E-state index in [1.54, 1.807) is 6.92 Å². The highest BCUT2D eigenvalue weighted by molar-refractivity contribution is 5.99. The third kappa shape index (κ3) is 4.76. The predicted molar refractivity (Wildman–Crippen MR) is 76.2 cm³/mol. The van der Waals surface area contributed by atoms with Crippen molar-refractivity contribution in [3.8, 4) is 5.75 Å². The van der Waals surface area contributed by atoms with E-state index >= 15 is 0 Å². The van der Waals surface area contributed by atoms with E-state index in [1.165, 1.54) is 24.3 Å². The minimum absolute atomic E-state index is 0.0748. The van der Waals surface area contributed by atoms with Gasteiger partial charge in [-0.15, -0.1) is 0 Å². The molecule has 1 aliphatic heterocycles. The van der Waals surface area contributed by atoms with Gasteiger partial charge in [-0.2, -0.15) is 13.2 Å². The summed E-state index contributed by atoms with van der Waals surface area (Å²) in [5.74, 6) is -0.303. The molecule has 6 nitrogen and oxygen atoms in total. The van der Waals surface area contributed by atoms with E-state index in [4.69, 9.17) is 0 Å². The van der Waals surface area contributed by atoms with Gasteiger partial charge in [0.05, 0.1) is 0 Å². The average molecular weight is 331 g/mol. The number of halogens is 3. The van der Waals surface area contributed by atoms with Crippen LogP contribution in [0.15, 0.2) is 24.3 Å². The first kappa shape index (κ1) is 16.9. The van der Waals surface area contributed by atoms with Crippen LogP contribution in [-0.4, -0.2) is 48.8 Å². The fourth-order valence-corrected chi connectivity index (χ4v) is 2.04. The Hall–Kier alpha value is -2.45. The number of benzene rings is 1. The first-order valence-electron chi connectivity index (χ1n) is 6.91. The molecule has 0 spiro atoms. The van der Waals surface area contributed by atoms with E-state index in [2.05, 4.69) is 15.4 Å². The van der Waals surface area contributed by atoms with Crippen LogP contribution >= 0.6 is 0 Å². The molecule has 1 heterocycles. The van der Waals surface area contributed by atoms with Gasteiger partial charge in [-0.05, 0) is 31.2 Å². The third-order valence-corrected chi connectivity index (χ3v) is 3.13. The van der Waals surface area contributed by atoms with Crippen molar-refractivity contribution in [2.75, 3.05) is 25.0 Å². The van der Waals surface area contributed by atoms with E-state index in [0.29, 0.717) is 18.8 Å². The Bertz CT molecular complexity index is 575. The Morgan fingerprint density at radius 3 is 2.57 bits per heavy atom. The maximum absolute atomic E-state index is 12.1. The number of carbonyl (C=O) groups is 2. The molecule has 0 unspecified atom stereocenters. The SMILES string of the molecule is C[C@@H](Nc1ccc(OCC(F)(F)F)cc1)C(=O)N1CCNC1=O. The second-order valence-corrected chi connectivity index (χ2v) is 5.02. The molecule has 0 aliphatic carbocycles. The zero-order chi connectivity index (χ0) is 17.0. The number of carbonyl (C=O) groups excluding carboxylic acids is 2. The highest BCUT2D eigenvalue weighted by Gasteiger charge is 2.30. The quantitative estimate of drug-likeness (QED) is 0.865. The van der Waals surface area contributed by atoms with E-state index in [1.807, 2.05) is 0 Å². The van der Waals surface area contributed by atoms with Crippen molar-refractivity contribution in [1.82, 2.24) is 10.2 Å². The molecule has 126 valence electrons. The van der Waals surface area contributed by atoms with E-state index in [-0.39, 0.29) is 11.7 Å². The number of ether oxygens (including phenoxy) is 1. The first-order chi connectivity index (χ1) is 10.8. The number of alkyl halides is 3. The Balaban J connectivity index is 1.90. The third-order valence-electron chi connectivity index (χ3n) is 3.13. The van der Waals surface area contributed by atoms with Gasteiger partial charge in [0.2, 0.25) is 0 Å². The Labute approximate surface area is 130 Å². The number of rotatable bonds is 5. The Kier molecular flexibility index (Phi) is 4.97. The van der Waals surface area contributed by atoms with Crippen LogP contribution in [0.3, 0.4) is 0 Å². The van der Waals surface area contributed by atoms with Gasteiger partial charge in [0.15, 0.2) is 6.61 Å². The van der Waals surface area contributed by atoms with Crippen LogP contribution in [0.4, 0.5) is 23.7 Å². The number of hydrogen-bond acceptors (Lipinski definition) is 4. The first-order valence-corrected chi connectivity index (χ1v) is 6.91. The summed E-state index contributed by atoms with van der Waals surface area (Å²) in [7, 11) is 0. The van der Waals surface area contributed by atoms with Gasteiger partial charge in [-0.3, -0.25) is 9.69 Å². The molecular weight excluding hydrogens is 315 g/mol. The average Bonchev–Trinajstić information content (AvgIpc) is 2.91. The van der Waals surface area contributed by atoms with Crippen molar-refractivity contribution in [3.05, 3.63) is 24.3 Å². The lowest BCUT2D eigenvalue weighted by molar-refractivity contribution is -0.153. The van der Waals surface area contributed by atoms with Gasteiger partial charge < -0.3 is 15.4 Å². The number of hydrogen-bond donors (Lipinski definition) is 2. The summed E-state index contributed by atoms with van der Waals surface area (Å²) in [5, 5.41) is 5.42. The summed E-state index contributed by atoms with van der Waals surface area (Å²) in [4.78, 5) is 24.6. The summed E-state index contributed by atoms with van der Waals surface area (Å²) in [6.07, 6.45) is -4.39. The lowest BCUT2D eigenvalue weighted by atomic mass is 10.2. The molecule has 1 aliphatic rings. The molecule has 9 heteroatoms. The summed E-state index contributed by atoms with van der Waals surface area (Å²) < 4.78 is 40.7. The van der Waals surface area contributed by atoms with Crippen molar-refractivity contribution < 1.29 is 27.5 Å². The fourth-order valence-electron chi connectivity index (χ4n) is 2.04. The molecule has 3 amide bonds. The molecule has 2 rings (SSSR count). The standard InChI is InChI=1S/C14H16F3N3O3/c1-9(12(21)20-7-6-18-13(20)22)19-10-2-4-11(5-3-10)23-8-14(15,16)17/h2-5,9,19H,6-8H2,1H3,(H,18,22)/t9-/m1/s1. The maximum atomic E-state index is 12.1.